The van der Waals surface area contributed by atoms with Gasteiger partial charge in [-0.2, -0.15) is 0 Å². The molecule has 0 atom stereocenters. The number of aromatic nitrogens is 2. The number of halogens is 1. The molecule has 1 aliphatic heterocycles. The van der Waals surface area contributed by atoms with Crippen molar-refractivity contribution in [3.8, 4) is 11.5 Å². The van der Waals surface area contributed by atoms with E-state index >= 15 is 0 Å². The largest absolute Gasteiger partial charge is 0.455 e. The number of carbonyl (C=O) groups excluding carboxylic acids is 1. The Labute approximate surface area is 342 Å². The van der Waals surface area contributed by atoms with Crippen molar-refractivity contribution in [3.05, 3.63) is 129 Å². The summed E-state index contributed by atoms with van der Waals surface area (Å²) >= 11 is 6.23. The van der Waals surface area contributed by atoms with E-state index in [-0.39, 0.29) is 35.6 Å². The van der Waals surface area contributed by atoms with Gasteiger partial charge in [-0.1, -0.05) is 55.3 Å². The molecule has 2 aromatic heterocycles. The van der Waals surface area contributed by atoms with E-state index in [2.05, 4.69) is 57.0 Å². The van der Waals surface area contributed by atoms with Gasteiger partial charge in [0.2, 0.25) is 0 Å². The van der Waals surface area contributed by atoms with Crippen molar-refractivity contribution in [2.45, 2.75) is 44.4 Å². The average molecular weight is 825 g/mol. The van der Waals surface area contributed by atoms with E-state index in [9.17, 15) is 23.3 Å². The van der Waals surface area contributed by atoms with Gasteiger partial charge in [-0.15, -0.1) is 0 Å². The number of pyridine rings is 1. The Kier molecular flexibility index (Phi) is 12.0. The zero-order chi connectivity index (χ0) is 41.0. The number of carbonyl (C=O) groups is 1. The minimum absolute atomic E-state index is 0.0474. The third kappa shape index (κ3) is 9.42. The van der Waals surface area contributed by atoms with E-state index in [4.69, 9.17) is 21.1 Å². The molecule has 0 fully saturated rings. The van der Waals surface area contributed by atoms with Crippen LogP contribution in [0.2, 0.25) is 5.02 Å². The molecular formula is C43H45ClN6O7S. The van der Waals surface area contributed by atoms with E-state index in [1.165, 1.54) is 48.2 Å². The zero-order valence-electron chi connectivity index (χ0n) is 32.5. The molecule has 0 radical (unpaired) electrons. The van der Waals surface area contributed by atoms with Crippen LogP contribution >= 0.6 is 11.6 Å². The van der Waals surface area contributed by atoms with Crippen LogP contribution in [-0.4, -0.2) is 74.0 Å². The molecule has 1 amide bonds. The van der Waals surface area contributed by atoms with Crippen molar-refractivity contribution < 1.29 is 27.6 Å². The second-order valence-electron chi connectivity index (χ2n) is 15.3. The number of sulfonamides is 1. The van der Waals surface area contributed by atoms with Gasteiger partial charge in [-0.25, -0.2) is 18.1 Å². The minimum atomic E-state index is -4.55. The van der Waals surface area contributed by atoms with Gasteiger partial charge in [-0.05, 0) is 102 Å². The standard InChI is InChI=1S/C43H45ClN6O7S/c1-43(2)16-12-32(37(25-43)29-4-7-33(44)8-5-29)27-49-19-14-28(15-20-49)30-6-10-36(40(23-30)57-34-22-31-13-17-46-41(31)47-26-34)42(51)48-58(54,55)35-9-11-38(45-18-21-56-3)39(24-35)50(52)53/h4-11,13-14,17,22-24,26,45H,12,15-16,18-21,25,27H2,1-3H3,(H,46,47)(H,48,51). The van der Waals surface area contributed by atoms with Gasteiger partial charge in [0.25, 0.3) is 21.6 Å². The smallest absolute Gasteiger partial charge is 0.293 e. The molecule has 15 heteroatoms. The summed E-state index contributed by atoms with van der Waals surface area (Å²) in [5.74, 6) is -0.500. The van der Waals surface area contributed by atoms with Crippen LogP contribution in [0.3, 0.4) is 0 Å². The summed E-state index contributed by atoms with van der Waals surface area (Å²) in [5.41, 5.74) is 6.46. The molecule has 13 nitrogen and oxygen atoms in total. The molecule has 0 bridgehead atoms. The SMILES string of the molecule is COCCNc1ccc(S(=O)(=O)NC(=O)c2ccc(C3=CCN(CC4=C(c5ccc(Cl)cc5)CC(C)(C)CC4)CC3)cc2Oc2cnc3[nH]ccc3c2)cc1[N+](=O)[O-]. The number of hydrogen-bond acceptors (Lipinski definition) is 10. The minimum Gasteiger partial charge on any atom is -0.455 e. The number of aromatic amines is 1. The number of amides is 1. The van der Waals surface area contributed by atoms with Gasteiger partial charge in [0, 0.05) is 56.0 Å². The molecule has 1 aliphatic carbocycles. The lowest BCUT2D eigenvalue weighted by Crippen LogP contribution is -2.32. The van der Waals surface area contributed by atoms with E-state index < -0.39 is 31.4 Å². The first-order valence-electron chi connectivity index (χ1n) is 19.0. The molecule has 0 saturated heterocycles. The fourth-order valence-electron chi connectivity index (χ4n) is 7.45. The van der Waals surface area contributed by atoms with Crippen LogP contribution in [0.15, 0.2) is 102 Å². The van der Waals surface area contributed by atoms with Crippen molar-refractivity contribution in [3.63, 3.8) is 0 Å². The predicted molar refractivity (Wildman–Crippen MR) is 226 cm³/mol. The van der Waals surface area contributed by atoms with E-state index in [0.29, 0.717) is 11.4 Å². The summed E-state index contributed by atoms with van der Waals surface area (Å²) < 4.78 is 40.4. The number of nitrogens with one attached hydrogen (secondary N) is 3. The summed E-state index contributed by atoms with van der Waals surface area (Å²) in [6.45, 7) is 7.62. The summed E-state index contributed by atoms with van der Waals surface area (Å²) in [6.07, 6.45) is 9.38. The Morgan fingerprint density at radius 2 is 1.84 bits per heavy atom. The van der Waals surface area contributed by atoms with Gasteiger partial charge in [0.05, 0.1) is 28.2 Å². The highest BCUT2D eigenvalue weighted by molar-refractivity contribution is 7.90. The fourth-order valence-corrected chi connectivity index (χ4v) is 8.56. The number of H-pyrrole nitrogens is 1. The number of allylic oxidation sites excluding steroid dienone is 1. The fraction of sp³-hybridized carbons (Fsp3) is 0.302. The second-order valence-corrected chi connectivity index (χ2v) is 17.5. The lowest BCUT2D eigenvalue weighted by atomic mass is 9.72. The van der Waals surface area contributed by atoms with E-state index in [1.807, 2.05) is 18.2 Å². The molecular weight excluding hydrogens is 780 g/mol. The van der Waals surface area contributed by atoms with Gasteiger partial charge < -0.3 is 19.8 Å². The van der Waals surface area contributed by atoms with Crippen LogP contribution in [-0.2, 0) is 14.8 Å². The van der Waals surface area contributed by atoms with Gasteiger partial charge >= 0.3 is 0 Å². The maximum absolute atomic E-state index is 13.8. The molecule has 58 heavy (non-hydrogen) atoms. The lowest BCUT2D eigenvalue weighted by molar-refractivity contribution is -0.384. The quantitative estimate of drug-likeness (QED) is 0.0559. The Balaban J connectivity index is 1.14. The van der Waals surface area contributed by atoms with Crippen molar-refractivity contribution >= 4 is 61.1 Å². The Morgan fingerprint density at radius 3 is 2.59 bits per heavy atom. The van der Waals surface area contributed by atoms with Crippen LogP contribution in [0, 0.1) is 15.5 Å². The first-order valence-corrected chi connectivity index (χ1v) is 20.9. The monoisotopic (exact) mass is 824 g/mol. The Bertz CT molecular complexity index is 2530. The molecule has 5 aromatic rings. The molecule has 3 aromatic carbocycles. The first kappa shape index (κ1) is 40.6. The Morgan fingerprint density at radius 1 is 1.05 bits per heavy atom. The van der Waals surface area contributed by atoms with Gasteiger partial charge in [0.1, 0.15) is 22.8 Å². The topological polar surface area (TPSA) is 169 Å². The first-order chi connectivity index (χ1) is 27.8. The van der Waals surface area contributed by atoms with Crippen molar-refractivity contribution in [2.24, 2.45) is 5.41 Å². The number of methoxy groups -OCH3 is 1. The highest BCUT2D eigenvalue weighted by Gasteiger charge is 2.30. The number of benzene rings is 3. The molecule has 2 aliphatic rings. The normalized spacial score (nSPS) is 15.9. The number of nitro benzene ring substituents is 1. The number of hydrogen-bond donors (Lipinski definition) is 3. The Hall–Kier alpha value is -5.54. The number of nitro groups is 1. The predicted octanol–water partition coefficient (Wildman–Crippen LogP) is 8.85. The zero-order valence-corrected chi connectivity index (χ0v) is 34.1. The number of rotatable bonds is 14. The van der Waals surface area contributed by atoms with Gasteiger partial charge in [0.15, 0.2) is 0 Å². The van der Waals surface area contributed by atoms with Crippen LogP contribution in [0.5, 0.6) is 11.5 Å². The van der Waals surface area contributed by atoms with Crippen LogP contribution in [0.25, 0.3) is 22.2 Å². The maximum atomic E-state index is 13.8. The second kappa shape index (κ2) is 17.1. The van der Waals surface area contributed by atoms with Crippen LogP contribution < -0.4 is 14.8 Å². The summed E-state index contributed by atoms with van der Waals surface area (Å²) in [6, 6.07) is 20.2. The molecule has 3 heterocycles. The number of ether oxygens (including phenoxy) is 2. The van der Waals surface area contributed by atoms with Gasteiger partial charge in [-0.3, -0.25) is 19.8 Å². The summed E-state index contributed by atoms with van der Waals surface area (Å²) in [5, 5.41) is 16.2. The molecule has 0 saturated carbocycles. The molecule has 0 unspecified atom stereocenters. The third-order valence-corrected chi connectivity index (χ3v) is 12.2. The van der Waals surface area contributed by atoms with Crippen molar-refractivity contribution in [1.29, 1.82) is 0 Å². The number of fused-ring (bicyclic) bond motifs is 1. The number of nitrogens with zero attached hydrogens (tertiary/aromatic N) is 3. The number of anilines is 1. The van der Waals surface area contributed by atoms with E-state index in [0.717, 1.165) is 72.9 Å². The molecule has 3 N–H and O–H groups in total. The average Bonchev–Trinajstić information content (AvgIpc) is 3.67. The van der Waals surface area contributed by atoms with Crippen molar-refractivity contribution in [2.75, 3.05) is 45.2 Å². The van der Waals surface area contributed by atoms with Crippen LogP contribution in [0.1, 0.15) is 61.0 Å². The lowest BCUT2D eigenvalue weighted by Gasteiger charge is -2.36. The van der Waals surface area contributed by atoms with Crippen molar-refractivity contribution in [1.82, 2.24) is 19.6 Å². The third-order valence-electron chi connectivity index (χ3n) is 10.6. The summed E-state index contributed by atoms with van der Waals surface area (Å²) in [7, 11) is -3.06. The maximum Gasteiger partial charge on any atom is 0.293 e. The molecule has 7 rings (SSSR count). The molecule has 302 valence electrons. The summed E-state index contributed by atoms with van der Waals surface area (Å²) in [4.78, 5) is 34.4. The highest BCUT2D eigenvalue weighted by atomic mass is 35.5. The van der Waals surface area contributed by atoms with E-state index in [1.54, 1.807) is 24.4 Å². The highest BCUT2D eigenvalue weighted by Crippen LogP contribution is 2.44. The van der Waals surface area contributed by atoms with Crippen LogP contribution in [0.4, 0.5) is 11.4 Å². The molecule has 0 spiro atoms.